The highest BCUT2D eigenvalue weighted by Crippen LogP contribution is 2.32. The fraction of sp³-hybridized carbons (Fsp3) is 0.115. The zero-order valence-corrected chi connectivity index (χ0v) is 18.9. The molecule has 0 aliphatic rings. The van der Waals surface area contributed by atoms with E-state index >= 15 is 0 Å². The van der Waals surface area contributed by atoms with Crippen LogP contribution in [0.2, 0.25) is 0 Å². The van der Waals surface area contributed by atoms with Crippen LogP contribution in [-0.2, 0) is 6.54 Å². The van der Waals surface area contributed by atoms with Crippen molar-refractivity contribution in [1.82, 2.24) is 40.4 Å². The minimum absolute atomic E-state index is 0.282. The molecular formula is C26H21FN8. The molecule has 0 aliphatic carbocycles. The third-order valence-corrected chi connectivity index (χ3v) is 5.89. The number of rotatable bonds is 6. The number of aromatic nitrogens is 7. The zero-order valence-electron chi connectivity index (χ0n) is 18.9. The van der Waals surface area contributed by atoms with Crippen LogP contribution in [0.4, 0.5) is 4.39 Å². The first kappa shape index (κ1) is 21.1. The van der Waals surface area contributed by atoms with Crippen LogP contribution in [0.15, 0.2) is 67.3 Å². The van der Waals surface area contributed by atoms with E-state index in [0.717, 1.165) is 46.3 Å². The third kappa shape index (κ3) is 3.91. The highest BCUT2D eigenvalue weighted by Gasteiger charge is 2.17. The number of nitrogens with zero attached hydrogens (tertiary/aromatic N) is 5. The maximum atomic E-state index is 13.4. The van der Waals surface area contributed by atoms with Crippen molar-refractivity contribution in [2.24, 2.45) is 0 Å². The summed E-state index contributed by atoms with van der Waals surface area (Å²) in [6.07, 6.45) is 7.21. The van der Waals surface area contributed by atoms with Crippen LogP contribution in [0.5, 0.6) is 0 Å². The quantitative estimate of drug-likeness (QED) is 0.324. The molecule has 35 heavy (non-hydrogen) atoms. The lowest BCUT2D eigenvalue weighted by atomic mass is 10.1. The smallest absolute Gasteiger partial charge is 0.161 e. The van der Waals surface area contributed by atoms with Crippen LogP contribution in [0.3, 0.4) is 0 Å². The second-order valence-electron chi connectivity index (χ2n) is 8.20. The van der Waals surface area contributed by atoms with Gasteiger partial charge >= 0.3 is 0 Å². The summed E-state index contributed by atoms with van der Waals surface area (Å²) in [7, 11) is 0. The van der Waals surface area contributed by atoms with E-state index in [1.807, 2.05) is 30.7 Å². The predicted molar refractivity (Wildman–Crippen MR) is 133 cm³/mol. The molecule has 0 unspecified atom stereocenters. The Hall–Kier alpha value is -4.50. The van der Waals surface area contributed by atoms with Crippen LogP contribution in [0.1, 0.15) is 12.5 Å². The van der Waals surface area contributed by atoms with Crippen molar-refractivity contribution in [3.05, 3.63) is 78.6 Å². The Morgan fingerprint density at radius 1 is 0.914 bits per heavy atom. The number of H-pyrrole nitrogens is 2. The van der Waals surface area contributed by atoms with E-state index in [-0.39, 0.29) is 5.82 Å². The molecule has 0 radical (unpaired) electrons. The molecule has 172 valence electrons. The number of benzene rings is 1. The fourth-order valence-corrected chi connectivity index (χ4v) is 4.14. The van der Waals surface area contributed by atoms with Gasteiger partial charge < -0.3 is 10.3 Å². The lowest BCUT2D eigenvalue weighted by Gasteiger charge is -2.05. The molecule has 5 heterocycles. The lowest BCUT2D eigenvalue weighted by molar-refractivity contribution is 0.628. The molecule has 0 saturated carbocycles. The largest absolute Gasteiger partial charge is 0.321 e. The SMILES string of the molecule is CCNCc1cncc(-c2cnc3[nH]nc(-c4nc5c(-c6ccc(F)cc6)ccnc5[nH]4)c3c2)c1. The van der Waals surface area contributed by atoms with Gasteiger partial charge in [0, 0.05) is 48.0 Å². The number of aromatic amines is 2. The molecule has 8 nitrogen and oxygen atoms in total. The third-order valence-electron chi connectivity index (χ3n) is 5.89. The second kappa shape index (κ2) is 8.69. The van der Waals surface area contributed by atoms with Gasteiger partial charge in [0.05, 0.1) is 5.39 Å². The molecule has 6 aromatic rings. The highest BCUT2D eigenvalue weighted by molar-refractivity contribution is 5.96. The topological polar surface area (TPSA) is 108 Å². The van der Waals surface area contributed by atoms with Gasteiger partial charge in [-0.1, -0.05) is 19.1 Å². The van der Waals surface area contributed by atoms with Crippen LogP contribution < -0.4 is 5.32 Å². The van der Waals surface area contributed by atoms with Crippen molar-refractivity contribution in [2.75, 3.05) is 6.54 Å². The first-order valence-corrected chi connectivity index (χ1v) is 11.3. The number of imidazole rings is 1. The van der Waals surface area contributed by atoms with Crippen molar-refractivity contribution < 1.29 is 4.39 Å². The van der Waals surface area contributed by atoms with Crippen LogP contribution in [-0.4, -0.2) is 41.7 Å². The van der Waals surface area contributed by atoms with E-state index in [2.05, 4.69) is 48.4 Å². The molecule has 0 saturated heterocycles. The molecule has 3 N–H and O–H groups in total. The number of fused-ring (bicyclic) bond motifs is 2. The van der Waals surface area contributed by atoms with Gasteiger partial charge in [0.15, 0.2) is 17.1 Å². The van der Waals surface area contributed by atoms with Crippen LogP contribution in [0.25, 0.3) is 56.0 Å². The van der Waals surface area contributed by atoms with Crippen molar-refractivity contribution in [3.8, 4) is 33.8 Å². The molecule has 0 amide bonds. The summed E-state index contributed by atoms with van der Waals surface area (Å²) in [5, 5.41) is 11.6. The Kier molecular flexibility index (Phi) is 5.23. The number of halogens is 1. The van der Waals surface area contributed by atoms with Gasteiger partial charge in [-0.2, -0.15) is 5.10 Å². The average Bonchev–Trinajstić information content (AvgIpc) is 3.51. The molecule has 0 aliphatic heterocycles. The van der Waals surface area contributed by atoms with E-state index in [9.17, 15) is 4.39 Å². The minimum Gasteiger partial charge on any atom is -0.321 e. The maximum absolute atomic E-state index is 13.4. The van der Waals surface area contributed by atoms with E-state index < -0.39 is 0 Å². The summed E-state index contributed by atoms with van der Waals surface area (Å²) >= 11 is 0. The van der Waals surface area contributed by atoms with E-state index in [4.69, 9.17) is 4.98 Å². The molecule has 0 fully saturated rings. The normalized spacial score (nSPS) is 11.5. The van der Waals surface area contributed by atoms with Gasteiger partial charge in [-0.3, -0.25) is 10.1 Å². The van der Waals surface area contributed by atoms with Crippen LogP contribution in [0, 0.1) is 5.82 Å². The van der Waals surface area contributed by atoms with E-state index in [1.54, 1.807) is 18.3 Å². The van der Waals surface area contributed by atoms with Gasteiger partial charge in [0.2, 0.25) is 0 Å². The van der Waals surface area contributed by atoms with Gasteiger partial charge in [-0.05, 0) is 48.0 Å². The minimum atomic E-state index is -0.282. The average molecular weight is 465 g/mol. The predicted octanol–water partition coefficient (Wildman–Crippen LogP) is 4.87. The van der Waals surface area contributed by atoms with E-state index in [0.29, 0.717) is 28.3 Å². The van der Waals surface area contributed by atoms with Crippen LogP contribution >= 0.6 is 0 Å². The number of hydrogen-bond acceptors (Lipinski definition) is 6. The Morgan fingerprint density at radius 3 is 2.63 bits per heavy atom. The van der Waals surface area contributed by atoms with E-state index in [1.165, 1.54) is 12.1 Å². The first-order valence-electron chi connectivity index (χ1n) is 11.3. The van der Waals surface area contributed by atoms with Gasteiger partial charge in [-0.15, -0.1) is 0 Å². The van der Waals surface area contributed by atoms with Crippen molar-refractivity contribution in [3.63, 3.8) is 0 Å². The Morgan fingerprint density at radius 2 is 1.77 bits per heavy atom. The Labute approximate surface area is 199 Å². The molecule has 1 aromatic carbocycles. The van der Waals surface area contributed by atoms with Crippen molar-refractivity contribution in [2.45, 2.75) is 13.5 Å². The fourth-order valence-electron chi connectivity index (χ4n) is 4.14. The molecular weight excluding hydrogens is 443 g/mol. The second-order valence-corrected chi connectivity index (χ2v) is 8.20. The summed E-state index contributed by atoms with van der Waals surface area (Å²) in [6.45, 7) is 3.73. The molecule has 0 atom stereocenters. The summed E-state index contributed by atoms with van der Waals surface area (Å²) < 4.78 is 13.4. The summed E-state index contributed by atoms with van der Waals surface area (Å²) in [5.41, 5.74) is 7.36. The molecule has 9 heteroatoms. The molecule has 5 aromatic heterocycles. The number of pyridine rings is 3. The molecule has 6 rings (SSSR count). The zero-order chi connectivity index (χ0) is 23.8. The van der Waals surface area contributed by atoms with Gasteiger partial charge in [-0.25, -0.2) is 19.3 Å². The number of nitrogens with one attached hydrogen (secondary N) is 3. The standard InChI is InChI=1S/C26H21FN8/c1-2-28-11-15-9-17(13-29-12-15)18-10-21-23(34-35-24(21)31-14-18)26-32-22-20(7-8-30-25(22)33-26)16-3-5-19(27)6-4-16/h3-10,12-14,28H,2,11H2,1H3,(H,30,32,33)(H,31,34,35). The Bertz CT molecular complexity index is 1650. The maximum Gasteiger partial charge on any atom is 0.161 e. The first-order chi connectivity index (χ1) is 17.2. The van der Waals surface area contributed by atoms with Gasteiger partial charge in [0.1, 0.15) is 17.0 Å². The highest BCUT2D eigenvalue weighted by atomic mass is 19.1. The molecule has 0 bridgehead atoms. The summed E-state index contributed by atoms with van der Waals surface area (Å²) in [5.74, 6) is 0.293. The Balaban J connectivity index is 1.43. The number of hydrogen-bond donors (Lipinski definition) is 3. The summed E-state index contributed by atoms with van der Waals surface area (Å²) in [6, 6.07) is 12.4. The molecule has 0 spiro atoms. The van der Waals surface area contributed by atoms with Crippen molar-refractivity contribution in [1.29, 1.82) is 0 Å². The summed E-state index contributed by atoms with van der Waals surface area (Å²) in [4.78, 5) is 21.5. The monoisotopic (exact) mass is 464 g/mol. The van der Waals surface area contributed by atoms with Gasteiger partial charge in [0.25, 0.3) is 0 Å². The van der Waals surface area contributed by atoms with Crippen molar-refractivity contribution >= 4 is 22.2 Å². The lowest BCUT2D eigenvalue weighted by Crippen LogP contribution is -2.11.